The molecule has 0 aromatic heterocycles. The van der Waals surface area contributed by atoms with E-state index in [0.29, 0.717) is 5.69 Å². The number of carboxylic acids is 1. The second-order valence-corrected chi connectivity index (χ2v) is 7.57. The van der Waals surface area contributed by atoms with Crippen molar-refractivity contribution in [3.63, 3.8) is 0 Å². The Morgan fingerprint density at radius 1 is 1.21 bits per heavy atom. The van der Waals surface area contributed by atoms with Gasteiger partial charge in [-0.05, 0) is 42.8 Å². The van der Waals surface area contributed by atoms with Crippen molar-refractivity contribution in [2.75, 3.05) is 25.2 Å². The standard InChI is InChI=1S/C22H20ClN3O8/c1-12-18(21(29)34-10-9-33-2)19(14-5-8-16(23)17(11-14)26(31)32)24-22(30)25(12)15-6-3-13(4-7-15)20(27)28/h3-8,11,19H,9-10H2,1-2H3,(H,24,30)(H,27,28). The number of ether oxygens (including phenoxy) is 2. The minimum Gasteiger partial charge on any atom is -0.478 e. The van der Waals surface area contributed by atoms with Crippen LogP contribution < -0.4 is 10.2 Å². The first-order chi connectivity index (χ1) is 16.1. The Kier molecular flexibility index (Phi) is 7.49. The number of halogens is 1. The lowest BCUT2D eigenvalue weighted by atomic mass is 9.94. The van der Waals surface area contributed by atoms with Gasteiger partial charge < -0.3 is 19.9 Å². The van der Waals surface area contributed by atoms with Gasteiger partial charge in [-0.1, -0.05) is 17.7 Å². The number of hydrogen-bond acceptors (Lipinski definition) is 7. The first-order valence-corrected chi connectivity index (χ1v) is 10.3. The average molecular weight is 490 g/mol. The maximum absolute atomic E-state index is 13.1. The molecule has 178 valence electrons. The van der Waals surface area contributed by atoms with Crippen molar-refractivity contribution in [2.45, 2.75) is 13.0 Å². The van der Waals surface area contributed by atoms with Crippen molar-refractivity contribution in [2.24, 2.45) is 0 Å². The Hall–Kier alpha value is -3.96. The highest BCUT2D eigenvalue weighted by Gasteiger charge is 2.38. The number of carbonyl (C=O) groups excluding carboxylic acids is 2. The number of aromatic carboxylic acids is 1. The molecule has 34 heavy (non-hydrogen) atoms. The molecular formula is C22H20ClN3O8. The zero-order valence-corrected chi connectivity index (χ0v) is 18.9. The number of urea groups is 1. The Labute approximate surface area is 198 Å². The summed E-state index contributed by atoms with van der Waals surface area (Å²) in [4.78, 5) is 49.1. The van der Waals surface area contributed by atoms with Crippen molar-refractivity contribution >= 4 is 40.9 Å². The fourth-order valence-electron chi connectivity index (χ4n) is 3.47. The van der Waals surface area contributed by atoms with Crippen molar-refractivity contribution in [1.82, 2.24) is 5.32 Å². The van der Waals surface area contributed by atoms with E-state index in [1.54, 1.807) is 0 Å². The van der Waals surface area contributed by atoms with E-state index in [1.807, 2.05) is 0 Å². The zero-order valence-electron chi connectivity index (χ0n) is 18.1. The van der Waals surface area contributed by atoms with Crippen molar-refractivity contribution in [3.8, 4) is 0 Å². The Morgan fingerprint density at radius 2 is 1.88 bits per heavy atom. The SMILES string of the molecule is COCCOC(=O)C1=C(C)N(c2ccc(C(=O)O)cc2)C(=O)NC1c1ccc(Cl)c([N+](=O)[O-])c1. The molecule has 2 amide bonds. The second kappa shape index (κ2) is 10.3. The van der Waals surface area contributed by atoms with E-state index >= 15 is 0 Å². The van der Waals surface area contributed by atoms with Gasteiger partial charge in [0.05, 0.1) is 34.4 Å². The van der Waals surface area contributed by atoms with Gasteiger partial charge in [-0.3, -0.25) is 15.0 Å². The molecule has 1 aliphatic rings. The van der Waals surface area contributed by atoms with Gasteiger partial charge in [0.1, 0.15) is 11.6 Å². The van der Waals surface area contributed by atoms with Crippen molar-refractivity contribution < 1.29 is 33.9 Å². The van der Waals surface area contributed by atoms with Crippen LogP contribution in [0.2, 0.25) is 5.02 Å². The largest absolute Gasteiger partial charge is 0.478 e. The van der Waals surface area contributed by atoms with Gasteiger partial charge in [0.25, 0.3) is 5.69 Å². The van der Waals surface area contributed by atoms with Gasteiger partial charge in [0.2, 0.25) is 0 Å². The van der Waals surface area contributed by atoms with Gasteiger partial charge in [-0.2, -0.15) is 0 Å². The third-order valence-electron chi connectivity index (χ3n) is 5.10. The van der Waals surface area contributed by atoms with Crippen LogP contribution in [0.3, 0.4) is 0 Å². The molecule has 1 aliphatic heterocycles. The van der Waals surface area contributed by atoms with Crippen LogP contribution in [-0.2, 0) is 14.3 Å². The van der Waals surface area contributed by atoms with Crippen LogP contribution in [0.15, 0.2) is 53.7 Å². The first-order valence-electron chi connectivity index (χ1n) is 9.90. The summed E-state index contributed by atoms with van der Waals surface area (Å²) in [6.07, 6.45) is 0. The third kappa shape index (κ3) is 5.00. The topological polar surface area (TPSA) is 148 Å². The molecule has 1 atom stereocenters. The van der Waals surface area contributed by atoms with E-state index < -0.39 is 28.9 Å². The molecule has 2 aromatic rings. The summed E-state index contributed by atoms with van der Waals surface area (Å²) in [7, 11) is 1.44. The Balaban J connectivity index is 2.11. The highest BCUT2D eigenvalue weighted by atomic mass is 35.5. The van der Waals surface area contributed by atoms with Gasteiger partial charge in [-0.15, -0.1) is 0 Å². The Morgan fingerprint density at radius 3 is 2.47 bits per heavy atom. The smallest absolute Gasteiger partial charge is 0.338 e. The number of nitrogens with zero attached hydrogens (tertiary/aromatic N) is 2. The fourth-order valence-corrected chi connectivity index (χ4v) is 3.65. The summed E-state index contributed by atoms with van der Waals surface area (Å²) in [5, 5.41) is 23.0. The zero-order chi connectivity index (χ0) is 25.0. The van der Waals surface area contributed by atoms with E-state index in [2.05, 4.69) is 5.32 Å². The van der Waals surface area contributed by atoms with Gasteiger partial charge >= 0.3 is 18.0 Å². The molecule has 0 aliphatic carbocycles. The number of nitrogens with one attached hydrogen (secondary N) is 1. The number of nitro benzene ring substituents is 1. The van der Waals surface area contributed by atoms with Gasteiger partial charge in [0, 0.05) is 18.9 Å². The maximum atomic E-state index is 13.1. The fraction of sp³-hybridized carbons (Fsp3) is 0.227. The third-order valence-corrected chi connectivity index (χ3v) is 5.42. The first kappa shape index (κ1) is 24.7. The summed E-state index contributed by atoms with van der Waals surface area (Å²) in [5.41, 5.74) is 0.441. The molecule has 0 saturated carbocycles. The highest BCUT2D eigenvalue weighted by Crippen LogP contribution is 2.36. The number of esters is 1. The number of nitro groups is 1. The molecule has 11 nitrogen and oxygen atoms in total. The lowest BCUT2D eigenvalue weighted by Gasteiger charge is -2.35. The summed E-state index contributed by atoms with van der Waals surface area (Å²) in [6.45, 7) is 1.61. The monoisotopic (exact) mass is 489 g/mol. The minimum atomic E-state index is -1.13. The van der Waals surface area contributed by atoms with E-state index in [4.69, 9.17) is 26.2 Å². The van der Waals surface area contributed by atoms with Gasteiger partial charge in [-0.25, -0.2) is 14.4 Å². The molecule has 3 rings (SSSR count). The number of hydrogen-bond donors (Lipinski definition) is 2. The van der Waals surface area contributed by atoms with Crippen LogP contribution >= 0.6 is 11.6 Å². The molecule has 0 fully saturated rings. The van der Waals surface area contributed by atoms with Crippen LogP contribution in [0, 0.1) is 10.1 Å². The number of allylic oxidation sites excluding steroid dienone is 1. The van der Waals surface area contributed by atoms with Crippen LogP contribution in [0.5, 0.6) is 0 Å². The van der Waals surface area contributed by atoms with E-state index in [1.165, 1.54) is 61.4 Å². The predicted octanol–water partition coefficient (Wildman–Crippen LogP) is 3.68. The molecule has 0 spiro atoms. The van der Waals surface area contributed by atoms with Gasteiger partial charge in [0.15, 0.2) is 0 Å². The number of rotatable bonds is 8. The van der Waals surface area contributed by atoms with Crippen LogP contribution in [0.1, 0.15) is 28.9 Å². The number of carboxylic acid groups (broad SMARTS) is 1. The number of methoxy groups -OCH3 is 1. The minimum absolute atomic E-state index is 0.0216. The number of anilines is 1. The van der Waals surface area contributed by atoms with Crippen molar-refractivity contribution in [3.05, 3.63) is 80.0 Å². The second-order valence-electron chi connectivity index (χ2n) is 7.17. The van der Waals surface area contributed by atoms with Crippen LogP contribution in [-0.4, -0.2) is 48.3 Å². The van der Waals surface area contributed by atoms with E-state index in [0.717, 1.165) is 0 Å². The molecule has 2 aromatic carbocycles. The molecular weight excluding hydrogens is 470 g/mol. The molecule has 1 unspecified atom stereocenters. The molecule has 0 saturated heterocycles. The van der Waals surface area contributed by atoms with Crippen LogP contribution in [0.25, 0.3) is 0 Å². The number of carbonyl (C=O) groups is 3. The molecule has 0 bridgehead atoms. The highest BCUT2D eigenvalue weighted by molar-refractivity contribution is 6.32. The molecule has 0 radical (unpaired) electrons. The summed E-state index contributed by atoms with van der Waals surface area (Å²) < 4.78 is 10.2. The molecule has 12 heteroatoms. The summed E-state index contributed by atoms with van der Waals surface area (Å²) >= 11 is 5.91. The molecule has 2 N–H and O–H groups in total. The average Bonchev–Trinajstić information content (AvgIpc) is 2.79. The van der Waals surface area contributed by atoms with E-state index in [-0.39, 0.29) is 46.3 Å². The Bertz CT molecular complexity index is 1180. The van der Waals surface area contributed by atoms with Crippen molar-refractivity contribution in [1.29, 1.82) is 0 Å². The molecule has 1 heterocycles. The summed E-state index contributed by atoms with van der Waals surface area (Å²) in [6, 6.07) is 7.76. The number of benzene rings is 2. The lowest BCUT2D eigenvalue weighted by molar-refractivity contribution is -0.384. The van der Waals surface area contributed by atoms with Crippen LogP contribution in [0.4, 0.5) is 16.2 Å². The quantitative estimate of drug-likeness (QED) is 0.247. The normalized spacial score (nSPS) is 15.7. The predicted molar refractivity (Wildman–Crippen MR) is 121 cm³/mol. The lowest BCUT2D eigenvalue weighted by Crippen LogP contribution is -2.48. The maximum Gasteiger partial charge on any atom is 0.338 e. The van der Waals surface area contributed by atoms with E-state index in [9.17, 15) is 24.5 Å². The summed E-state index contributed by atoms with van der Waals surface area (Å²) in [5.74, 6) is -1.89. The number of amides is 2.